The van der Waals surface area contributed by atoms with Crippen LogP contribution in [0, 0.1) is 0 Å². The molecule has 1 aromatic heterocycles. The molecule has 0 bridgehead atoms. The fourth-order valence-electron chi connectivity index (χ4n) is 3.73. The molecule has 1 saturated heterocycles. The SMILES string of the molecule is O=S(=O)(c1ccc2c(c1)CCCC2)N1CCC(Oc2cnccn2)CC1. The van der Waals surface area contributed by atoms with E-state index in [0.29, 0.717) is 36.7 Å². The Morgan fingerprint density at radius 3 is 2.54 bits per heavy atom. The number of fused-ring (bicyclic) bond motifs is 1. The highest BCUT2D eigenvalue weighted by Crippen LogP contribution is 2.27. The number of hydrogen-bond donors (Lipinski definition) is 0. The first-order chi connectivity index (χ1) is 12.6. The first kappa shape index (κ1) is 17.4. The normalized spacial score (nSPS) is 19.1. The van der Waals surface area contributed by atoms with Gasteiger partial charge in [0.1, 0.15) is 6.10 Å². The maximum absolute atomic E-state index is 13.0. The van der Waals surface area contributed by atoms with Crippen LogP contribution in [-0.2, 0) is 22.9 Å². The standard InChI is InChI=1S/C19H23N3O3S/c23-26(24,18-6-5-15-3-1-2-4-16(15)13-18)22-11-7-17(8-12-22)25-19-14-20-9-10-21-19/h5-6,9-10,13-14,17H,1-4,7-8,11-12H2. The van der Waals surface area contributed by atoms with Gasteiger partial charge in [0.2, 0.25) is 15.9 Å². The average molecular weight is 373 g/mol. The van der Waals surface area contributed by atoms with Crippen molar-refractivity contribution < 1.29 is 13.2 Å². The number of nitrogens with zero attached hydrogens (tertiary/aromatic N) is 3. The lowest BCUT2D eigenvalue weighted by Crippen LogP contribution is -2.41. The third kappa shape index (κ3) is 3.59. The number of rotatable bonds is 4. The summed E-state index contributed by atoms with van der Waals surface area (Å²) < 4.78 is 33.4. The van der Waals surface area contributed by atoms with Crippen LogP contribution in [0.5, 0.6) is 5.88 Å². The van der Waals surface area contributed by atoms with E-state index >= 15 is 0 Å². The maximum atomic E-state index is 13.0. The average Bonchev–Trinajstić information content (AvgIpc) is 2.69. The van der Waals surface area contributed by atoms with Crippen LogP contribution in [-0.4, -0.2) is 41.9 Å². The third-order valence-electron chi connectivity index (χ3n) is 5.19. The Morgan fingerprint density at radius 1 is 1.04 bits per heavy atom. The van der Waals surface area contributed by atoms with Crippen molar-refractivity contribution in [3.63, 3.8) is 0 Å². The van der Waals surface area contributed by atoms with Crippen LogP contribution in [0.1, 0.15) is 36.8 Å². The van der Waals surface area contributed by atoms with Crippen LogP contribution < -0.4 is 4.74 Å². The van der Waals surface area contributed by atoms with E-state index in [1.165, 1.54) is 17.5 Å². The van der Waals surface area contributed by atoms with E-state index in [1.54, 1.807) is 29.0 Å². The predicted molar refractivity (Wildman–Crippen MR) is 97.5 cm³/mol. The first-order valence-corrected chi connectivity index (χ1v) is 10.6. The molecule has 138 valence electrons. The summed E-state index contributed by atoms with van der Waals surface area (Å²) in [5.41, 5.74) is 2.49. The van der Waals surface area contributed by atoms with E-state index in [2.05, 4.69) is 9.97 Å². The molecule has 2 heterocycles. The van der Waals surface area contributed by atoms with Gasteiger partial charge >= 0.3 is 0 Å². The molecule has 0 unspecified atom stereocenters. The van der Waals surface area contributed by atoms with Crippen LogP contribution in [0.15, 0.2) is 41.7 Å². The van der Waals surface area contributed by atoms with Crippen molar-refractivity contribution in [3.05, 3.63) is 47.9 Å². The van der Waals surface area contributed by atoms with Gasteiger partial charge in [-0.25, -0.2) is 13.4 Å². The van der Waals surface area contributed by atoms with Crippen LogP contribution in [0.3, 0.4) is 0 Å². The Balaban J connectivity index is 1.43. The zero-order valence-electron chi connectivity index (χ0n) is 14.7. The molecule has 1 aliphatic heterocycles. The van der Waals surface area contributed by atoms with Gasteiger partial charge in [-0.1, -0.05) is 6.07 Å². The van der Waals surface area contributed by atoms with Crippen molar-refractivity contribution in [3.8, 4) is 5.88 Å². The summed E-state index contributed by atoms with van der Waals surface area (Å²) in [5.74, 6) is 0.489. The van der Waals surface area contributed by atoms with Crippen LogP contribution >= 0.6 is 0 Å². The quantitative estimate of drug-likeness (QED) is 0.824. The second-order valence-corrected chi connectivity index (χ2v) is 8.84. The Morgan fingerprint density at radius 2 is 1.81 bits per heavy atom. The summed E-state index contributed by atoms with van der Waals surface area (Å²) in [5, 5.41) is 0. The summed E-state index contributed by atoms with van der Waals surface area (Å²) in [4.78, 5) is 8.52. The van der Waals surface area contributed by atoms with E-state index in [4.69, 9.17) is 4.74 Å². The minimum absolute atomic E-state index is 0.0262. The van der Waals surface area contributed by atoms with Gasteiger partial charge in [0.25, 0.3) is 0 Å². The topological polar surface area (TPSA) is 72.4 Å². The molecular weight excluding hydrogens is 350 g/mol. The summed E-state index contributed by atoms with van der Waals surface area (Å²) in [6.07, 6.45) is 10.4. The van der Waals surface area contributed by atoms with Crippen molar-refractivity contribution in [2.24, 2.45) is 0 Å². The molecule has 0 spiro atoms. The number of sulfonamides is 1. The zero-order chi connectivity index (χ0) is 18.0. The molecule has 0 radical (unpaired) electrons. The van der Waals surface area contributed by atoms with Crippen LogP contribution in [0.2, 0.25) is 0 Å². The second-order valence-electron chi connectivity index (χ2n) is 6.90. The van der Waals surface area contributed by atoms with Crippen molar-refractivity contribution in [2.45, 2.75) is 49.5 Å². The number of ether oxygens (including phenoxy) is 1. The van der Waals surface area contributed by atoms with Gasteiger partial charge in [-0.2, -0.15) is 4.31 Å². The highest BCUT2D eigenvalue weighted by Gasteiger charge is 2.30. The van der Waals surface area contributed by atoms with Gasteiger partial charge in [-0.3, -0.25) is 4.98 Å². The highest BCUT2D eigenvalue weighted by molar-refractivity contribution is 7.89. The molecule has 4 rings (SSSR count). The van der Waals surface area contributed by atoms with Crippen molar-refractivity contribution in [1.29, 1.82) is 0 Å². The summed E-state index contributed by atoms with van der Waals surface area (Å²) in [6.45, 7) is 0.925. The smallest absolute Gasteiger partial charge is 0.243 e. The molecule has 0 atom stereocenters. The minimum atomic E-state index is -3.44. The molecule has 1 aromatic carbocycles. The fourth-order valence-corrected chi connectivity index (χ4v) is 5.25. The monoisotopic (exact) mass is 373 g/mol. The fraction of sp³-hybridized carbons (Fsp3) is 0.474. The number of piperidine rings is 1. The Kier molecular flexibility index (Phi) is 4.91. The Labute approximate surface area is 154 Å². The molecule has 0 saturated carbocycles. The second kappa shape index (κ2) is 7.32. The summed E-state index contributed by atoms with van der Waals surface area (Å²) >= 11 is 0. The zero-order valence-corrected chi connectivity index (χ0v) is 15.5. The summed E-state index contributed by atoms with van der Waals surface area (Å²) in [6, 6.07) is 5.64. The number of aryl methyl sites for hydroxylation is 2. The minimum Gasteiger partial charge on any atom is -0.473 e. The molecule has 1 fully saturated rings. The molecule has 2 aliphatic rings. The van der Waals surface area contributed by atoms with E-state index in [9.17, 15) is 8.42 Å². The van der Waals surface area contributed by atoms with Gasteiger partial charge in [0.15, 0.2) is 0 Å². The van der Waals surface area contributed by atoms with E-state index in [1.807, 2.05) is 12.1 Å². The molecule has 7 heteroatoms. The number of aromatic nitrogens is 2. The van der Waals surface area contributed by atoms with E-state index in [0.717, 1.165) is 19.3 Å². The van der Waals surface area contributed by atoms with Crippen molar-refractivity contribution in [2.75, 3.05) is 13.1 Å². The van der Waals surface area contributed by atoms with E-state index < -0.39 is 10.0 Å². The molecule has 6 nitrogen and oxygen atoms in total. The molecule has 1 aliphatic carbocycles. The third-order valence-corrected chi connectivity index (χ3v) is 7.08. The molecule has 2 aromatic rings. The maximum Gasteiger partial charge on any atom is 0.243 e. The lowest BCUT2D eigenvalue weighted by Gasteiger charge is -2.31. The van der Waals surface area contributed by atoms with Crippen molar-refractivity contribution in [1.82, 2.24) is 14.3 Å². The van der Waals surface area contributed by atoms with E-state index in [-0.39, 0.29) is 6.10 Å². The van der Waals surface area contributed by atoms with Crippen LogP contribution in [0.4, 0.5) is 0 Å². The molecule has 26 heavy (non-hydrogen) atoms. The molecular formula is C19H23N3O3S. The highest BCUT2D eigenvalue weighted by atomic mass is 32.2. The molecule has 0 N–H and O–H groups in total. The number of hydrogen-bond acceptors (Lipinski definition) is 5. The van der Waals surface area contributed by atoms with Gasteiger partial charge in [-0.15, -0.1) is 0 Å². The Bertz CT molecular complexity index is 863. The van der Waals surface area contributed by atoms with Crippen molar-refractivity contribution >= 4 is 10.0 Å². The lowest BCUT2D eigenvalue weighted by molar-refractivity contribution is 0.129. The lowest BCUT2D eigenvalue weighted by atomic mass is 9.92. The summed E-state index contributed by atoms with van der Waals surface area (Å²) in [7, 11) is -3.44. The largest absolute Gasteiger partial charge is 0.473 e. The van der Waals surface area contributed by atoms with Crippen LogP contribution in [0.25, 0.3) is 0 Å². The Hall–Kier alpha value is -1.99. The first-order valence-electron chi connectivity index (χ1n) is 9.17. The van der Waals surface area contributed by atoms with Gasteiger partial charge in [0.05, 0.1) is 11.1 Å². The van der Waals surface area contributed by atoms with Gasteiger partial charge < -0.3 is 4.74 Å². The number of benzene rings is 1. The molecule has 0 amide bonds. The van der Waals surface area contributed by atoms with Gasteiger partial charge in [-0.05, 0) is 61.8 Å². The predicted octanol–water partition coefficient (Wildman–Crippen LogP) is 2.59. The van der Waals surface area contributed by atoms with Gasteiger partial charge in [0, 0.05) is 25.5 Å².